The summed E-state index contributed by atoms with van der Waals surface area (Å²) in [5.74, 6) is 0.00349. The summed E-state index contributed by atoms with van der Waals surface area (Å²) in [6, 6.07) is 6.31. The third kappa shape index (κ3) is 5.34. The van der Waals surface area contributed by atoms with Gasteiger partial charge in [0, 0.05) is 56.1 Å². The lowest BCUT2D eigenvalue weighted by atomic mass is 9.91. The van der Waals surface area contributed by atoms with Gasteiger partial charge in [-0.25, -0.2) is 0 Å². The Labute approximate surface area is 181 Å². The molecule has 1 atom stereocenters. The number of anilines is 2. The zero-order chi connectivity index (χ0) is 21.9. The van der Waals surface area contributed by atoms with Crippen molar-refractivity contribution in [1.82, 2.24) is 9.80 Å². The normalized spacial score (nSPS) is 20.9. The van der Waals surface area contributed by atoms with Crippen LogP contribution < -0.4 is 10.2 Å². The number of nitrogens with one attached hydrogen (secondary N) is 1. The van der Waals surface area contributed by atoms with Crippen molar-refractivity contribution in [2.75, 3.05) is 56.0 Å². The van der Waals surface area contributed by atoms with Crippen LogP contribution in [0.2, 0.25) is 0 Å². The van der Waals surface area contributed by atoms with Crippen molar-refractivity contribution in [2.45, 2.75) is 47.5 Å². The molecular formula is C24H38N4O2. The van der Waals surface area contributed by atoms with Crippen LogP contribution in [0.3, 0.4) is 0 Å². The molecule has 166 valence electrons. The Morgan fingerprint density at radius 1 is 1.10 bits per heavy atom. The molecule has 3 rings (SSSR count). The molecule has 2 fully saturated rings. The van der Waals surface area contributed by atoms with E-state index < -0.39 is 5.41 Å². The molecule has 2 aliphatic rings. The zero-order valence-corrected chi connectivity index (χ0v) is 19.3. The van der Waals surface area contributed by atoms with Crippen molar-refractivity contribution in [2.24, 2.45) is 11.3 Å². The summed E-state index contributed by atoms with van der Waals surface area (Å²) in [6.45, 7) is 16.7. The molecule has 6 heteroatoms. The molecule has 0 spiro atoms. The number of carbonyl (C=O) groups excluding carboxylic acids is 2. The van der Waals surface area contributed by atoms with Crippen molar-refractivity contribution >= 4 is 23.2 Å². The minimum absolute atomic E-state index is 0.0221. The fourth-order valence-electron chi connectivity index (χ4n) is 4.39. The number of rotatable bonds is 4. The quantitative estimate of drug-likeness (QED) is 0.821. The van der Waals surface area contributed by atoms with Crippen LogP contribution in [0.1, 0.15) is 46.1 Å². The zero-order valence-electron chi connectivity index (χ0n) is 19.3. The van der Waals surface area contributed by atoms with Gasteiger partial charge < -0.3 is 20.0 Å². The highest BCUT2D eigenvalue weighted by Crippen LogP contribution is 2.27. The van der Waals surface area contributed by atoms with Crippen molar-refractivity contribution in [3.8, 4) is 0 Å². The van der Waals surface area contributed by atoms with Crippen LogP contribution >= 0.6 is 0 Å². The second kappa shape index (κ2) is 9.38. The predicted molar refractivity (Wildman–Crippen MR) is 123 cm³/mol. The van der Waals surface area contributed by atoms with E-state index in [1.165, 1.54) is 5.69 Å². The van der Waals surface area contributed by atoms with Crippen molar-refractivity contribution in [1.29, 1.82) is 0 Å². The first-order chi connectivity index (χ1) is 14.2. The Morgan fingerprint density at radius 2 is 1.80 bits per heavy atom. The summed E-state index contributed by atoms with van der Waals surface area (Å²) in [5, 5.41) is 3.12. The number of likely N-dealkylation sites (N-methyl/N-ethyl adjacent to an activating group) is 1. The number of amides is 2. The third-order valence-electron chi connectivity index (χ3n) is 6.37. The minimum Gasteiger partial charge on any atom is -0.369 e. The van der Waals surface area contributed by atoms with Crippen LogP contribution in [-0.2, 0) is 9.59 Å². The van der Waals surface area contributed by atoms with Gasteiger partial charge in [0.2, 0.25) is 11.8 Å². The van der Waals surface area contributed by atoms with E-state index in [1.807, 2.05) is 31.7 Å². The molecule has 0 aromatic heterocycles. The lowest BCUT2D eigenvalue weighted by Crippen LogP contribution is -2.47. The molecule has 1 aromatic rings. The number of hydrogen-bond acceptors (Lipinski definition) is 4. The summed E-state index contributed by atoms with van der Waals surface area (Å²) in [4.78, 5) is 32.3. The molecule has 1 N–H and O–H groups in total. The number of benzene rings is 1. The van der Waals surface area contributed by atoms with Crippen molar-refractivity contribution in [3.63, 3.8) is 0 Å². The molecule has 0 aliphatic carbocycles. The number of piperidine rings is 1. The maximum absolute atomic E-state index is 12.9. The van der Waals surface area contributed by atoms with Gasteiger partial charge in [-0.05, 0) is 50.1 Å². The second-order valence-corrected chi connectivity index (χ2v) is 9.75. The molecule has 0 saturated carbocycles. The molecule has 2 aliphatic heterocycles. The van der Waals surface area contributed by atoms with Gasteiger partial charge in [0.15, 0.2) is 0 Å². The van der Waals surface area contributed by atoms with E-state index in [4.69, 9.17) is 0 Å². The highest BCUT2D eigenvalue weighted by Gasteiger charge is 2.33. The number of hydrogen-bond donors (Lipinski definition) is 1. The summed E-state index contributed by atoms with van der Waals surface area (Å²) < 4.78 is 0. The van der Waals surface area contributed by atoms with E-state index in [0.717, 1.165) is 63.4 Å². The fourth-order valence-corrected chi connectivity index (χ4v) is 4.39. The molecule has 1 aromatic carbocycles. The van der Waals surface area contributed by atoms with E-state index in [9.17, 15) is 9.59 Å². The first-order valence-electron chi connectivity index (χ1n) is 11.4. The average molecular weight is 415 g/mol. The molecule has 2 saturated heterocycles. The number of likely N-dealkylation sites (tertiary alicyclic amines) is 1. The van der Waals surface area contributed by atoms with Crippen LogP contribution in [0, 0.1) is 18.3 Å². The minimum atomic E-state index is -0.409. The van der Waals surface area contributed by atoms with Crippen LogP contribution in [-0.4, -0.2) is 67.4 Å². The topological polar surface area (TPSA) is 55.9 Å². The maximum atomic E-state index is 12.9. The molecule has 30 heavy (non-hydrogen) atoms. The lowest BCUT2D eigenvalue weighted by Gasteiger charge is -2.36. The monoisotopic (exact) mass is 414 g/mol. The van der Waals surface area contributed by atoms with Gasteiger partial charge in [0.05, 0.1) is 5.92 Å². The Morgan fingerprint density at radius 3 is 2.40 bits per heavy atom. The number of piperazine rings is 1. The molecule has 6 nitrogen and oxygen atoms in total. The van der Waals surface area contributed by atoms with Crippen LogP contribution in [0.25, 0.3) is 0 Å². The Kier molecular flexibility index (Phi) is 7.06. The fraction of sp³-hybridized carbons (Fsp3) is 0.667. The highest BCUT2D eigenvalue weighted by atomic mass is 16.2. The van der Waals surface area contributed by atoms with Crippen LogP contribution in [0.5, 0.6) is 0 Å². The second-order valence-electron chi connectivity index (χ2n) is 9.75. The number of nitrogens with zero attached hydrogens (tertiary/aromatic N) is 3. The first kappa shape index (κ1) is 22.6. The standard InChI is InChI=1S/C24H38N4O2/c1-6-26-12-14-27(15-13-26)20-9-10-21(18(2)16-20)25-22(29)19-8-7-11-28(17-19)23(30)24(3,4)5/h9-10,16,19H,6-8,11-15,17H2,1-5H3,(H,25,29). The summed E-state index contributed by atoms with van der Waals surface area (Å²) in [6.07, 6.45) is 1.71. The van der Waals surface area contributed by atoms with Crippen molar-refractivity contribution < 1.29 is 9.59 Å². The van der Waals surface area contributed by atoms with Gasteiger partial charge >= 0.3 is 0 Å². The van der Waals surface area contributed by atoms with Crippen LogP contribution in [0.15, 0.2) is 18.2 Å². The van der Waals surface area contributed by atoms with Gasteiger partial charge in [-0.1, -0.05) is 27.7 Å². The first-order valence-corrected chi connectivity index (χ1v) is 11.4. The summed E-state index contributed by atoms with van der Waals surface area (Å²) >= 11 is 0. The Bertz CT molecular complexity index is 763. The smallest absolute Gasteiger partial charge is 0.229 e. The van der Waals surface area contributed by atoms with E-state index in [1.54, 1.807) is 0 Å². The third-order valence-corrected chi connectivity index (χ3v) is 6.37. The molecule has 1 unspecified atom stereocenters. The van der Waals surface area contributed by atoms with E-state index in [2.05, 4.69) is 41.1 Å². The van der Waals surface area contributed by atoms with Gasteiger partial charge in [-0.3, -0.25) is 9.59 Å². The maximum Gasteiger partial charge on any atom is 0.229 e. The number of carbonyl (C=O) groups is 2. The van der Waals surface area contributed by atoms with Gasteiger partial charge in [0.1, 0.15) is 0 Å². The molecule has 0 radical (unpaired) electrons. The van der Waals surface area contributed by atoms with Gasteiger partial charge in [0.25, 0.3) is 0 Å². The van der Waals surface area contributed by atoms with E-state index in [-0.39, 0.29) is 17.7 Å². The largest absolute Gasteiger partial charge is 0.369 e. The van der Waals surface area contributed by atoms with Crippen molar-refractivity contribution in [3.05, 3.63) is 23.8 Å². The molecule has 2 heterocycles. The molecular weight excluding hydrogens is 376 g/mol. The molecule has 0 bridgehead atoms. The summed E-state index contributed by atoms with van der Waals surface area (Å²) in [5.41, 5.74) is 2.77. The van der Waals surface area contributed by atoms with E-state index in [0.29, 0.717) is 6.54 Å². The van der Waals surface area contributed by atoms with Crippen LogP contribution in [0.4, 0.5) is 11.4 Å². The highest BCUT2D eigenvalue weighted by molar-refractivity contribution is 5.94. The number of aryl methyl sites for hydroxylation is 1. The molecule has 2 amide bonds. The Balaban J connectivity index is 1.60. The summed E-state index contributed by atoms with van der Waals surface area (Å²) in [7, 11) is 0. The van der Waals surface area contributed by atoms with Gasteiger partial charge in [-0.2, -0.15) is 0 Å². The average Bonchev–Trinajstić information content (AvgIpc) is 2.74. The predicted octanol–water partition coefficient (Wildman–Crippen LogP) is 3.36. The van der Waals surface area contributed by atoms with Gasteiger partial charge in [-0.15, -0.1) is 0 Å². The van der Waals surface area contributed by atoms with E-state index >= 15 is 0 Å². The SMILES string of the molecule is CCN1CCN(c2ccc(NC(=O)C3CCCN(C(=O)C(C)(C)C)C3)c(C)c2)CC1. The Hall–Kier alpha value is -2.08. The lowest BCUT2D eigenvalue weighted by molar-refractivity contribution is -0.142.